The van der Waals surface area contributed by atoms with Gasteiger partial charge in [0.15, 0.2) is 0 Å². The van der Waals surface area contributed by atoms with Gasteiger partial charge in [0.25, 0.3) is 0 Å². The van der Waals surface area contributed by atoms with E-state index in [2.05, 4.69) is 51.5 Å². The molecule has 3 rings (SSSR count). The molecule has 3 aromatic heterocycles. The first-order valence-electron chi connectivity index (χ1n) is 9.64. The van der Waals surface area contributed by atoms with Crippen LogP contribution in [0.3, 0.4) is 0 Å². The third-order valence-corrected chi connectivity index (χ3v) is 4.85. The fraction of sp³-hybridized carbons (Fsp3) is 0.333. The summed E-state index contributed by atoms with van der Waals surface area (Å²) in [5.74, 6) is -1.01. The van der Waals surface area contributed by atoms with E-state index in [1.165, 1.54) is 0 Å². The highest BCUT2D eigenvalue weighted by atomic mass is 16.4. The Balaban J connectivity index is 2.17. The monoisotopic (exact) mass is 389 g/mol. The van der Waals surface area contributed by atoms with Crippen LogP contribution in [0.25, 0.3) is 22.8 Å². The van der Waals surface area contributed by atoms with Crippen molar-refractivity contribution in [3.8, 4) is 22.8 Å². The van der Waals surface area contributed by atoms with Crippen LogP contribution < -0.4 is 0 Å². The molecule has 0 aliphatic rings. The molecule has 3 heterocycles. The Morgan fingerprint density at radius 3 is 1.48 bits per heavy atom. The Labute approximate surface area is 171 Å². The van der Waals surface area contributed by atoms with Crippen molar-refractivity contribution in [3.63, 3.8) is 0 Å². The van der Waals surface area contributed by atoms with Crippen LogP contribution in [0.2, 0.25) is 0 Å². The van der Waals surface area contributed by atoms with E-state index in [0.29, 0.717) is 22.8 Å². The maximum atomic E-state index is 11.8. The first-order valence-corrected chi connectivity index (χ1v) is 9.64. The Morgan fingerprint density at radius 2 is 1.14 bits per heavy atom. The molecule has 5 nitrogen and oxygen atoms in total. The predicted octanol–water partition coefficient (Wildman–Crippen LogP) is 5.50. The number of rotatable bonds is 3. The van der Waals surface area contributed by atoms with Gasteiger partial charge in [0, 0.05) is 12.4 Å². The second kappa shape index (κ2) is 7.39. The fourth-order valence-corrected chi connectivity index (χ4v) is 2.99. The van der Waals surface area contributed by atoms with Crippen LogP contribution in [-0.4, -0.2) is 26.0 Å². The van der Waals surface area contributed by atoms with Gasteiger partial charge in [0.2, 0.25) is 0 Å². The largest absolute Gasteiger partial charge is 0.478 e. The molecule has 5 heteroatoms. The normalized spacial score (nSPS) is 12.1. The lowest BCUT2D eigenvalue weighted by molar-refractivity contribution is 0.0697. The minimum atomic E-state index is -1.01. The molecule has 3 aromatic rings. The summed E-state index contributed by atoms with van der Waals surface area (Å²) < 4.78 is 0. The van der Waals surface area contributed by atoms with Gasteiger partial charge in [-0.1, -0.05) is 41.5 Å². The molecule has 0 aromatic carbocycles. The van der Waals surface area contributed by atoms with E-state index in [1.54, 1.807) is 24.5 Å². The summed E-state index contributed by atoms with van der Waals surface area (Å²) in [4.78, 5) is 25.3. The zero-order valence-corrected chi connectivity index (χ0v) is 17.8. The standard InChI is InChI=1S/C24H27N3O2/c1-23(2,3)16-7-9-25-18(13-16)20-11-15(22(28)29)12-21(27-20)19-14-17(8-10-26-19)24(4,5)6/h7-14H,1-6H3,(H,28,29). The third kappa shape index (κ3) is 4.67. The summed E-state index contributed by atoms with van der Waals surface area (Å²) in [5.41, 5.74) is 4.63. The van der Waals surface area contributed by atoms with Crippen molar-refractivity contribution in [3.05, 3.63) is 65.5 Å². The molecular weight excluding hydrogens is 362 g/mol. The highest BCUT2D eigenvalue weighted by Gasteiger charge is 2.19. The highest BCUT2D eigenvalue weighted by molar-refractivity contribution is 5.90. The minimum Gasteiger partial charge on any atom is -0.478 e. The topological polar surface area (TPSA) is 76.0 Å². The Hall–Kier alpha value is -3.08. The summed E-state index contributed by atoms with van der Waals surface area (Å²) >= 11 is 0. The number of carboxylic acid groups (broad SMARTS) is 1. The van der Waals surface area contributed by atoms with E-state index in [-0.39, 0.29) is 16.4 Å². The number of aromatic carboxylic acids is 1. The van der Waals surface area contributed by atoms with Crippen LogP contribution in [0.1, 0.15) is 63.0 Å². The molecule has 0 unspecified atom stereocenters. The van der Waals surface area contributed by atoms with Gasteiger partial charge in [-0.3, -0.25) is 9.97 Å². The van der Waals surface area contributed by atoms with Crippen molar-refractivity contribution in [2.75, 3.05) is 0 Å². The molecule has 0 saturated heterocycles. The predicted molar refractivity (Wildman–Crippen MR) is 115 cm³/mol. The van der Waals surface area contributed by atoms with Crippen molar-refractivity contribution < 1.29 is 9.90 Å². The molecule has 0 spiro atoms. The number of nitrogens with zero attached hydrogens (tertiary/aromatic N) is 3. The van der Waals surface area contributed by atoms with Crippen LogP contribution in [0.15, 0.2) is 48.8 Å². The number of pyridine rings is 3. The first kappa shape index (κ1) is 20.6. The number of aromatic nitrogens is 3. The Morgan fingerprint density at radius 1 is 0.724 bits per heavy atom. The molecule has 0 bridgehead atoms. The summed E-state index contributed by atoms with van der Waals surface area (Å²) in [6.45, 7) is 12.8. The van der Waals surface area contributed by atoms with Crippen LogP contribution >= 0.6 is 0 Å². The molecule has 0 saturated carbocycles. The maximum absolute atomic E-state index is 11.8. The van der Waals surface area contributed by atoms with E-state index < -0.39 is 5.97 Å². The van der Waals surface area contributed by atoms with E-state index in [1.807, 2.05) is 24.3 Å². The van der Waals surface area contributed by atoms with Gasteiger partial charge >= 0.3 is 5.97 Å². The van der Waals surface area contributed by atoms with Gasteiger partial charge in [0.05, 0.1) is 28.3 Å². The molecule has 0 fully saturated rings. The lowest BCUT2D eigenvalue weighted by Crippen LogP contribution is -2.12. The van der Waals surface area contributed by atoms with Crippen LogP contribution in [0.5, 0.6) is 0 Å². The lowest BCUT2D eigenvalue weighted by atomic mass is 9.87. The number of hydrogen-bond donors (Lipinski definition) is 1. The van der Waals surface area contributed by atoms with E-state index >= 15 is 0 Å². The number of carbonyl (C=O) groups is 1. The summed E-state index contributed by atoms with van der Waals surface area (Å²) in [6.07, 6.45) is 3.48. The van der Waals surface area contributed by atoms with E-state index in [9.17, 15) is 9.90 Å². The van der Waals surface area contributed by atoms with Gasteiger partial charge in [0.1, 0.15) is 0 Å². The Bertz CT molecular complexity index is 984. The SMILES string of the molecule is CC(C)(C)c1ccnc(-c2cc(C(=O)O)cc(-c3cc(C(C)(C)C)ccn3)n2)c1. The van der Waals surface area contributed by atoms with Crippen molar-refractivity contribution in [2.45, 2.75) is 52.4 Å². The zero-order chi connectivity index (χ0) is 21.4. The van der Waals surface area contributed by atoms with Crippen molar-refractivity contribution in [1.82, 2.24) is 15.0 Å². The van der Waals surface area contributed by atoms with Crippen LogP contribution in [0, 0.1) is 0 Å². The van der Waals surface area contributed by atoms with Crippen molar-refractivity contribution in [1.29, 1.82) is 0 Å². The molecule has 0 aliphatic heterocycles. The van der Waals surface area contributed by atoms with Crippen LogP contribution in [-0.2, 0) is 10.8 Å². The smallest absolute Gasteiger partial charge is 0.335 e. The van der Waals surface area contributed by atoms with Gasteiger partial charge in [-0.25, -0.2) is 9.78 Å². The fourth-order valence-electron chi connectivity index (χ4n) is 2.99. The van der Waals surface area contributed by atoms with E-state index in [0.717, 1.165) is 11.1 Å². The molecule has 150 valence electrons. The second-order valence-electron chi connectivity index (χ2n) is 9.29. The molecule has 29 heavy (non-hydrogen) atoms. The lowest BCUT2D eigenvalue weighted by Gasteiger charge is -2.20. The summed E-state index contributed by atoms with van der Waals surface area (Å²) in [5, 5.41) is 9.63. The van der Waals surface area contributed by atoms with Gasteiger partial charge in [-0.05, 0) is 58.4 Å². The first-order chi connectivity index (χ1) is 13.4. The molecule has 0 radical (unpaired) electrons. The summed E-state index contributed by atoms with van der Waals surface area (Å²) in [6, 6.07) is 11.0. The van der Waals surface area contributed by atoms with Gasteiger partial charge < -0.3 is 5.11 Å². The number of hydrogen-bond acceptors (Lipinski definition) is 4. The van der Waals surface area contributed by atoms with Crippen molar-refractivity contribution in [2.24, 2.45) is 0 Å². The quantitative estimate of drug-likeness (QED) is 0.640. The van der Waals surface area contributed by atoms with Crippen LogP contribution in [0.4, 0.5) is 0 Å². The average Bonchev–Trinajstić information content (AvgIpc) is 2.66. The second-order valence-corrected chi connectivity index (χ2v) is 9.29. The third-order valence-electron chi connectivity index (χ3n) is 4.85. The molecule has 0 amide bonds. The molecule has 0 atom stereocenters. The molecule has 1 N–H and O–H groups in total. The molecular formula is C24H27N3O2. The average molecular weight is 389 g/mol. The highest BCUT2D eigenvalue weighted by Crippen LogP contribution is 2.29. The Kier molecular flexibility index (Phi) is 5.26. The van der Waals surface area contributed by atoms with Gasteiger partial charge in [-0.2, -0.15) is 0 Å². The summed E-state index contributed by atoms with van der Waals surface area (Å²) in [7, 11) is 0. The minimum absolute atomic E-state index is 0.0481. The zero-order valence-electron chi connectivity index (χ0n) is 17.8. The maximum Gasteiger partial charge on any atom is 0.335 e. The van der Waals surface area contributed by atoms with Gasteiger partial charge in [-0.15, -0.1) is 0 Å². The molecule has 0 aliphatic carbocycles. The van der Waals surface area contributed by atoms with E-state index in [4.69, 9.17) is 4.98 Å². The number of carboxylic acids is 1. The van der Waals surface area contributed by atoms with Crippen molar-refractivity contribution >= 4 is 5.97 Å².